The zero-order chi connectivity index (χ0) is 25.2. The van der Waals surface area contributed by atoms with Gasteiger partial charge in [-0.1, -0.05) is 56.3 Å². The molecule has 0 unspecified atom stereocenters. The fourth-order valence-corrected chi connectivity index (χ4v) is 4.11. The summed E-state index contributed by atoms with van der Waals surface area (Å²) in [4.78, 5) is 17.4. The predicted molar refractivity (Wildman–Crippen MR) is 145 cm³/mol. The van der Waals surface area contributed by atoms with Gasteiger partial charge in [0.1, 0.15) is 5.75 Å². The molecule has 188 valence electrons. The molecule has 1 N–H and O–H groups in total. The number of hydrogen-bond donors (Lipinski definition) is 1. The fraction of sp³-hybridized carbons (Fsp3) is 0.333. The number of hydrogen-bond acceptors (Lipinski definition) is 5. The minimum atomic E-state index is -0.218. The first-order chi connectivity index (χ1) is 17.5. The summed E-state index contributed by atoms with van der Waals surface area (Å²) < 4.78 is 5.69. The molecule has 0 aromatic heterocycles. The summed E-state index contributed by atoms with van der Waals surface area (Å²) in [6.45, 7) is 11.1. The summed E-state index contributed by atoms with van der Waals surface area (Å²) in [5.41, 5.74) is 6.69. The lowest BCUT2D eigenvalue weighted by Gasteiger charge is -2.34. The summed E-state index contributed by atoms with van der Waals surface area (Å²) in [7, 11) is 0. The number of amides is 1. The number of hydrazone groups is 1. The van der Waals surface area contributed by atoms with Crippen molar-refractivity contribution in [2.45, 2.75) is 26.9 Å². The smallest absolute Gasteiger partial charge is 0.271 e. The van der Waals surface area contributed by atoms with E-state index in [2.05, 4.69) is 64.5 Å². The molecule has 0 aliphatic carbocycles. The molecule has 0 radical (unpaired) electrons. The van der Waals surface area contributed by atoms with Crippen LogP contribution >= 0.6 is 0 Å². The van der Waals surface area contributed by atoms with Gasteiger partial charge in [-0.3, -0.25) is 14.6 Å². The van der Waals surface area contributed by atoms with Crippen molar-refractivity contribution in [1.29, 1.82) is 0 Å². The minimum Gasteiger partial charge on any atom is -0.493 e. The van der Waals surface area contributed by atoms with Gasteiger partial charge in [-0.25, -0.2) is 5.43 Å². The van der Waals surface area contributed by atoms with Crippen LogP contribution in [-0.4, -0.2) is 54.7 Å². The molecule has 4 rings (SSSR count). The maximum absolute atomic E-state index is 12.5. The van der Waals surface area contributed by atoms with Gasteiger partial charge < -0.3 is 4.74 Å². The third-order valence-electron chi connectivity index (χ3n) is 6.18. The average Bonchev–Trinajstić information content (AvgIpc) is 2.90. The molecule has 0 atom stereocenters. The van der Waals surface area contributed by atoms with Crippen molar-refractivity contribution in [1.82, 2.24) is 15.2 Å². The van der Waals surface area contributed by atoms with E-state index in [1.807, 2.05) is 48.5 Å². The standard InChI is InChI=1S/C30H36N4O2/c1-24(2)23-36-29-14-10-25(11-15-29)20-31-32-30(35)28-12-8-27(9-13-28)22-34-18-16-33(17-19-34)21-26-6-4-3-5-7-26/h3-15,20,24H,16-19,21-23H2,1-2H3,(H,32,35)/b31-20-. The summed E-state index contributed by atoms with van der Waals surface area (Å²) in [6.07, 6.45) is 1.63. The van der Waals surface area contributed by atoms with Gasteiger partial charge in [-0.2, -0.15) is 5.10 Å². The average molecular weight is 485 g/mol. The summed E-state index contributed by atoms with van der Waals surface area (Å²) in [5.74, 6) is 1.10. The molecule has 1 fully saturated rings. The van der Waals surface area contributed by atoms with Crippen molar-refractivity contribution in [3.05, 3.63) is 101 Å². The van der Waals surface area contributed by atoms with E-state index in [1.165, 1.54) is 11.1 Å². The molecule has 1 aliphatic rings. The normalized spacial score (nSPS) is 14.9. The first kappa shape index (κ1) is 25.6. The number of piperazine rings is 1. The number of ether oxygens (including phenoxy) is 1. The van der Waals surface area contributed by atoms with E-state index in [-0.39, 0.29) is 5.91 Å². The summed E-state index contributed by atoms with van der Waals surface area (Å²) in [5, 5.41) is 4.10. The van der Waals surface area contributed by atoms with Crippen LogP contribution in [0, 0.1) is 5.92 Å². The number of carbonyl (C=O) groups excluding carboxylic acids is 1. The largest absolute Gasteiger partial charge is 0.493 e. The second kappa shape index (κ2) is 13.0. The van der Waals surface area contributed by atoms with Crippen LogP contribution < -0.4 is 10.2 Å². The van der Waals surface area contributed by atoms with E-state index in [4.69, 9.17) is 4.74 Å². The third-order valence-corrected chi connectivity index (χ3v) is 6.18. The van der Waals surface area contributed by atoms with Gasteiger partial charge in [-0.05, 0) is 59.0 Å². The number of nitrogens with one attached hydrogen (secondary N) is 1. The van der Waals surface area contributed by atoms with Gasteiger partial charge >= 0.3 is 0 Å². The molecule has 3 aromatic carbocycles. The first-order valence-electron chi connectivity index (χ1n) is 12.7. The summed E-state index contributed by atoms with van der Waals surface area (Å²) >= 11 is 0. The summed E-state index contributed by atoms with van der Waals surface area (Å²) in [6, 6.07) is 26.1. The highest BCUT2D eigenvalue weighted by Gasteiger charge is 2.17. The first-order valence-corrected chi connectivity index (χ1v) is 12.7. The lowest BCUT2D eigenvalue weighted by atomic mass is 10.1. The SMILES string of the molecule is CC(C)COc1ccc(/C=N\NC(=O)c2ccc(CN3CCN(Cc4ccccc4)CC3)cc2)cc1. The lowest BCUT2D eigenvalue weighted by Crippen LogP contribution is -2.45. The maximum atomic E-state index is 12.5. The zero-order valence-electron chi connectivity index (χ0n) is 21.3. The van der Waals surface area contributed by atoms with E-state index >= 15 is 0 Å². The van der Waals surface area contributed by atoms with Gasteiger partial charge in [-0.15, -0.1) is 0 Å². The highest BCUT2D eigenvalue weighted by atomic mass is 16.5. The molecule has 36 heavy (non-hydrogen) atoms. The van der Waals surface area contributed by atoms with Crippen LogP contribution in [0.4, 0.5) is 0 Å². The molecular weight excluding hydrogens is 448 g/mol. The Hall–Kier alpha value is -3.48. The molecule has 6 nitrogen and oxygen atoms in total. The van der Waals surface area contributed by atoms with Gasteiger partial charge in [0.15, 0.2) is 0 Å². The molecular formula is C30H36N4O2. The van der Waals surface area contributed by atoms with Crippen LogP contribution in [0.2, 0.25) is 0 Å². The maximum Gasteiger partial charge on any atom is 0.271 e. The van der Waals surface area contributed by atoms with Crippen LogP contribution in [0.1, 0.15) is 40.9 Å². The van der Waals surface area contributed by atoms with Gasteiger partial charge in [0.2, 0.25) is 0 Å². The Morgan fingerprint density at radius 2 is 1.44 bits per heavy atom. The van der Waals surface area contributed by atoms with E-state index in [0.29, 0.717) is 18.1 Å². The second-order valence-corrected chi connectivity index (χ2v) is 9.71. The minimum absolute atomic E-state index is 0.218. The van der Waals surface area contributed by atoms with Gasteiger partial charge in [0.05, 0.1) is 12.8 Å². The van der Waals surface area contributed by atoms with Crippen molar-refractivity contribution in [2.75, 3.05) is 32.8 Å². The molecule has 0 saturated carbocycles. The quantitative estimate of drug-likeness (QED) is 0.332. The monoisotopic (exact) mass is 484 g/mol. The van der Waals surface area contributed by atoms with Crippen molar-refractivity contribution in [3.63, 3.8) is 0 Å². The number of nitrogens with zero attached hydrogens (tertiary/aromatic N) is 3. The highest BCUT2D eigenvalue weighted by Crippen LogP contribution is 2.14. The van der Waals surface area contributed by atoms with Gasteiger partial charge in [0, 0.05) is 44.8 Å². The van der Waals surface area contributed by atoms with Crippen LogP contribution in [-0.2, 0) is 13.1 Å². The molecule has 3 aromatic rings. The molecule has 1 saturated heterocycles. The predicted octanol–water partition coefficient (Wildman–Crippen LogP) is 4.80. The molecule has 0 bridgehead atoms. The van der Waals surface area contributed by atoms with Gasteiger partial charge in [0.25, 0.3) is 5.91 Å². The van der Waals surface area contributed by atoms with Crippen LogP contribution in [0.5, 0.6) is 5.75 Å². The Balaban J connectivity index is 1.19. The van der Waals surface area contributed by atoms with E-state index in [0.717, 1.165) is 50.6 Å². The van der Waals surface area contributed by atoms with Crippen LogP contribution in [0.3, 0.4) is 0 Å². The Morgan fingerprint density at radius 3 is 2.03 bits per heavy atom. The number of rotatable bonds is 10. The highest BCUT2D eigenvalue weighted by molar-refractivity contribution is 5.94. The van der Waals surface area contributed by atoms with Crippen molar-refractivity contribution < 1.29 is 9.53 Å². The Bertz CT molecular complexity index is 1100. The van der Waals surface area contributed by atoms with E-state index < -0.39 is 0 Å². The van der Waals surface area contributed by atoms with Crippen molar-refractivity contribution in [2.24, 2.45) is 11.0 Å². The van der Waals surface area contributed by atoms with Crippen LogP contribution in [0.15, 0.2) is 84.0 Å². The molecule has 6 heteroatoms. The molecule has 1 aliphatic heterocycles. The second-order valence-electron chi connectivity index (χ2n) is 9.71. The Kier molecular flexibility index (Phi) is 9.25. The van der Waals surface area contributed by atoms with Crippen LogP contribution in [0.25, 0.3) is 0 Å². The van der Waals surface area contributed by atoms with Crippen molar-refractivity contribution in [3.8, 4) is 5.75 Å². The number of benzene rings is 3. The topological polar surface area (TPSA) is 57.2 Å². The molecule has 1 amide bonds. The third kappa shape index (κ3) is 8.04. The zero-order valence-corrected chi connectivity index (χ0v) is 21.3. The van der Waals surface area contributed by atoms with E-state index in [1.54, 1.807) is 6.21 Å². The Morgan fingerprint density at radius 1 is 0.861 bits per heavy atom. The Labute approximate surface area is 214 Å². The number of carbonyl (C=O) groups is 1. The van der Waals surface area contributed by atoms with Crippen molar-refractivity contribution >= 4 is 12.1 Å². The van der Waals surface area contributed by atoms with E-state index in [9.17, 15) is 4.79 Å². The lowest BCUT2D eigenvalue weighted by molar-refractivity contribution is 0.0955. The molecule has 0 spiro atoms. The fourth-order valence-electron chi connectivity index (χ4n) is 4.11. The molecule has 1 heterocycles.